The van der Waals surface area contributed by atoms with Gasteiger partial charge in [-0.25, -0.2) is 0 Å². The van der Waals surface area contributed by atoms with E-state index < -0.39 is 5.54 Å². The van der Waals surface area contributed by atoms with Gasteiger partial charge in [0, 0.05) is 52.6 Å². The molecule has 1 atom stereocenters. The Balaban J connectivity index is 1.35. The summed E-state index contributed by atoms with van der Waals surface area (Å²) in [6.07, 6.45) is 8.51. The first kappa shape index (κ1) is 19.1. The predicted molar refractivity (Wildman–Crippen MR) is 107 cm³/mol. The topological polar surface area (TPSA) is 70.9 Å². The number of rotatable bonds is 4. The fourth-order valence-electron chi connectivity index (χ4n) is 5.21. The van der Waals surface area contributed by atoms with Gasteiger partial charge in [0.25, 0.3) is 0 Å². The summed E-state index contributed by atoms with van der Waals surface area (Å²) in [5, 5.41) is 4.26. The van der Waals surface area contributed by atoms with Crippen LogP contribution < -0.4 is 4.90 Å². The number of anilines is 1. The molecule has 3 aliphatic heterocycles. The van der Waals surface area contributed by atoms with Crippen LogP contribution in [0, 0.1) is 11.8 Å². The molecule has 4 fully saturated rings. The zero-order valence-corrected chi connectivity index (χ0v) is 17.3. The minimum atomic E-state index is -0.486. The number of carbonyl (C=O) groups is 2. The van der Waals surface area contributed by atoms with Crippen molar-refractivity contribution in [2.45, 2.75) is 37.6 Å². The molecule has 1 aromatic heterocycles. The van der Waals surface area contributed by atoms with Crippen molar-refractivity contribution in [3.8, 4) is 0 Å². The highest BCUT2D eigenvalue weighted by molar-refractivity contribution is 6.01. The maximum absolute atomic E-state index is 13.8. The number of hydrogen-bond donors (Lipinski definition) is 0. The number of ether oxygens (including phenoxy) is 1. The van der Waals surface area contributed by atoms with Crippen LogP contribution in [0.3, 0.4) is 0 Å². The number of carbonyl (C=O) groups excluding carboxylic acids is 2. The highest BCUT2D eigenvalue weighted by Gasteiger charge is 2.52. The average molecular weight is 402 g/mol. The summed E-state index contributed by atoms with van der Waals surface area (Å²) < 4.78 is 7.15. The Morgan fingerprint density at radius 3 is 2.62 bits per heavy atom. The Morgan fingerprint density at radius 2 is 2.00 bits per heavy atom. The maximum atomic E-state index is 13.8. The molecule has 4 aliphatic rings. The second-order valence-electron chi connectivity index (χ2n) is 9.14. The first-order valence-electron chi connectivity index (χ1n) is 11.0. The third-order valence-corrected chi connectivity index (χ3v) is 7.20. The molecule has 158 valence electrons. The van der Waals surface area contributed by atoms with Crippen LogP contribution >= 0.6 is 0 Å². The molecule has 1 saturated carbocycles. The minimum Gasteiger partial charge on any atom is -0.381 e. The van der Waals surface area contributed by atoms with Crippen LogP contribution in [0.4, 0.5) is 5.69 Å². The van der Waals surface area contributed by atoms with Crippen LogP contribution in [0.15, 0.2) is 12.4 Å². The molecule has 2 amide bonds. The largest absolute Gasteiger partial charge is 0.381 e. The quantitative estimate of drug-likeness (QED) is 0.749. The summed E-state index contributed by atoms with van der Waals surface area (Å²) in [5.74, 6) is 1.13. The van der Waals surface area contributed by atoms with E-state index in [0.717, 1.165) is 31.1 Å². The van der Waals surface area contributed by atoms with Crippen molar-refractivity contribution in [3.63, 3.8) is 0 Å². The summed E-state index contributed by atoms with van der Waals surface area (Å²) in [4.78, 5) is 32.9. The number of piperazine rings is 1. The van der Waals surface area contributed by atoms with E-state index in [4.69, 9.17) is 4.74 Å². The Morgan fingerprint density at radius 1 is 1.21 bits per heavy atom. The Labute approximate surface area is 171 Å². The van der Waals surface area contributed by atoms with Gasteiger partial charge in [0.1, 0.15) is 5.54 Å². The van der Waals surface area contributed by atoms with Gasteiger partial charge in [0.2, 0.25) is 11.8 Å². The predicted octanol–water partition coefficient (Wildman–Crippen LogP) is 0.876. The third-order valence-electron chi connectivity index (χ3n) is 7.20. The molecule has 4 heterocycles. The molecule has 0 unspecified atom stereocenters. The normalized spacial score (nSPS) is 27.8. The molecular weight excluding hydrogens is 370 g/mol. The fraction of sp³-hybridized carbons (Fsp3) is 0.762. The van der Waals surface area contributed by atoms with E-state index in [-0.39, 0.29) is 17.7 Å². The number of nitrogens with zero attached hydrogens (tertiary/aromatic N) is 5. The summed E-state index contributed by atoms with van der Waals surface area (Å²) in [5.41, 5.74) is 0.393. The number of aryl methyl sites for hydroxylation is 1. The van der Waals surface area contributed by atoms with E-state index in [1.807, 2.05) is 23.0 Å². The van der Waals surface area contributed by atoms with Crippen LogP contribution in [0.1, 0.15) is 32.1 Å². The minimum absolute atomic E-state index is 0.000524. The van der Waals surface area contributed by atoms with Crippen molar-refractivity contribution in [2.75, 3.05) is 50.8 Å². The smallest absolute Gasteiger partial charge is 0.247 e. The van der Waals surface area contributed by atoms with Gasteiger partial charge in [-0.15, -0.1) is 0 Å². The van der Waals surface area contributed by atoms with E-state index >= 15 is 0 Å². The monoisotopic (exact) mass is 401 g/mol. The van der Waals surface area contributed by atoms with Gasteiger partial charge in [-0.3, -0.25) is 19.2 Å². The molecule has 3 saturated heterocycles. The van der Waals surface area contributed by atoms with Crippen LogP contribution in [0.2, 0.25) is 0 Å². The van der Waals surface area contributed by atoms with Gasteiger partial charge < -0.3 is 14.5 Å². The van der Waals surface area contributed by atoms with Crippen LogP contribution in [-0.4, -0.2) is 82.9 Å². The third kappa shape index (κ3) is 3.46. The number of aromatic nitrogens is 2. The molecular formula is C21H31N5O3. The van der Waals surface area contributed by atoms with Gasteiger partial charge >= 0.3 is 0 Å². The lowest BCUT2D eigenvalue weighted by molar-refractivity contribution is -0.146. The molecule has 5 rings (SSSR count). The molecule has 1 aliphatic carbocycles. The van der Waals surface area contributed by atoms with Crippen LogP contribution in [-0.2, 0) is 21.4 Å². The van der Waals surface area contributed by atoms with E-state index in [1.54, 1.807) is 10.9 Å². The lowest BCUT2D eigenvalue weighted by Crippen LogP contribution is -2.69. The highest BCUT2D eigenvalue weighted by Crippen LogP contribution is 2.40. The fourth-order valence-corrected chi connectivity index (χ4v) is 5.21. The van der Waals surface area contributed by atoms with Gasteiger partial charge in [-0.1, -0.05) is 0 Å². The molecule has 1 spiro atoms. The summed E-state index contributed by atoms with van der Waals surface area (Å²) in [7, 11) is 1.88. The number of likely N-dealkylation sites (tertiary alicyclic amines) is 1. The molecule has 0 aromatic carbocycles. The van der Waals surface area contributed by atoms with E-state index in [2.05, 4.69) is 10.00 Å². The van der Waals surface area contributed by atoms with Gasteiger partial charge in [-0.05, 0) is 38.0 Å². The molecule has 1 aromatic rings. The van der Waals surface area contributed by atoms with Gasteiger partial charge in [0.15, 0.2) is 0 Å². The Hall–Kier alpha value is -1.93. The van der Waals surface area contributed by atoms with E-state index in [1.165, 1.54) is 12.8 Å². The standard InChI is InChI=1S/C21H31N5O3/c1-23-14-18(12-22-23)26-10-9-25(13-16-2-3-16)21(20(26)28)5-7-24(8-6-21)19(27)17-4-11-29-15-17/h12,14,16-17H,2-11,13,15H2,1H3/t17-/m0/s1. The zero-order chi connectivity index (χ0) is 20.0. The molecule has 29 heavy (non-hydrogen) atoms. The lowest BCUT2D eigenvalue weighted by Gasteiger charge is -2.53. The second-order valence-corrected chi connectivity index (χ2v) is 9.14. The lowest BCUT2D eigenvalue weighted by atomic mass is 9.81. The number of amides is 2. The van der Waals surface area contributed by atoms with E-state index in [0.29, 0.717) is 45.7 Å². The van der Waals surface area contributed by atoms with E-state index in [9.17, 15) is 9.59 Å². The Kier molecular flexibility index (Phi) is 4.86. The average Bonchev–Trinajstić information content (AvgIpc) is 3.19. The first-order chi connectivity index (χ1) is 14.1. The summed E-state index contributed by atoms with van der Waals surface area (Å²) in [6.45, 7) is 5.15. The van der Waals surface area contributed by atoms with Gasteiger partial charge in [-0.2, -0.15) is 5.10 Å². The van der Waals surface area contributed by atoms with Crippen molar-refractivity contribution in [3.05, 3.63) is 12.4 Å². The number of hydrogen-bond acceptors (Lipinski definition) is 5. The number of piperidine rings is 1. The van der Waals surface area contributed by atoms with Crippen molar-refractivity contribution in [1.29, 1.82) is 0 Å². The van der Waals surface area contributed by atoms with Crippen molar-refractivity contribution >= 4 is 17.5 Å². The van der Waals surface area contributed by atoms with Gasteiger partial charge in [0.05, 0.1) is 24.4 Å². The SMILES string of the molecule is Cn1cc(N2CCN(CC3CC3)C3(CCN(C(=O)[C@H]4CCOC4)CC3)C2=O)cn1. The highest BCUT2D eigenvalue weighted by atomic mass is 16.5. The van der Waals surface area contributed by atoms with Crippen molar-refractivity contribution in [1.82, 2.24) is 19.6 Å². The molecule has 0 N–H and O–H groups in total. The summed E-state index contributed by atoms with van der Waals surface area (Å²) in [6, 6.07) is 0. The van der Waals surface area contributed by atoms with Crippen molar-refractivity contribution in [2.24, 2.45) is 18.9 Å². The zero-order valence-electron chi connectivity index (χ0n) is 17.3. The van der Waals surface area contributed by atoms with Crippen LogP contribution in [0.5, 0.6) is 0 Å². The molecule has 8 nitrogen and oxygen atoms in total. The van der Waals surface area contributed by atoms with Crippen molar-refractivity contribution < 1.29 is 14.3 Å². The Bertz CT molecular complexity index is 775. The molecule has 8 heteroatoms. The maximum Gasteiger partial charge on any atom is 0.247 e. The molecule has 0 radical (unpaired) electrons. The molecule has 0 bridgehead atoms. The second kappa shape index (κ2) is 7.40. The van der Waals surface area contributed by atoms with Crippen LogP contribution in [0.25, 0.3) is 0 Å². The first-order valence-corrected chi connectivity index (χ1v) is 11.0. The summed E-state index contributed by atoms with van der Waals surface area (Å²) >= 11 is 0.